The van der Waals surface area contributed by atoms with Crippen LogP contribution in [0, 0.1) is 5.82 Å². The van der Waals surface area contributed by atoms with Gasteiger partial charge in [-0.05, 0) is 18.1 Å². The lowest BCUT2D eigenvalue weighted by molar-refractivity contribution is 0.587. The molecule has 2 rings (SSSR count). The average molecular weight is 256 g/mol. The summed E-state index contributed by atoms with van der Waals surface area (Å²) in [6.07, 6.45) is 0.688. The van der Waals surface area contributed by atoms with Crippen LogP contribution in [0.25, 0.3) is 0 Å². The van der Waals surface area contributed by atoms with E-state index in [9.17, 15) is 4.39 Å². The summed E-state index contributed by atoms with van der Waals surface area (Å²) < 4.78 is 13.6. The van der Waals surface area contributed by atoms with Gasteiger partial charge in [-0.3, -0.25) is 0 Å². The van der Waals surface area contributed by atoms with E-state index in [0.717, 1.165) is 5.69 Å². The third-order valence-electron chi connectivity index (χ3n) is 2.47. The van der Waals surface area contributed by atoms with Crippen LogP contribution in [0.2, 0.25) is 0 Å². The lowest BCUT2D eigenvalue weighted by atomic mass is 9.96. The number of nitrogens with zero attached hydrogens (tertiary/aromatic N) is 1. The summed E-state index contributed by atoms with van der Waals surface area (Å²) in [5.41, 5.74) is 3.42. The molecule has 0 fully saturated rings. The maximum atomic E-state index is 13.6. The van der Waals surface area contributed by atoms with Crippen molar-refractivity contribution in [2.75, 3.05) is 5.88 Å². The summed E-state index contributed by atoms with van der Waals surface area (Å²) in [4.78, 5) is 4.20. The molecule has 0 N–H and O–H groups in total. The summed E-state index contributed by atoms with van der Waals surface area (Å²) in [6.45, 7) is 0. The van der Waals surface area contributed by atoms with Gasteiger partial charge in [0.25, 0.3) is 0 Å². The highest BCUT2D eigenvalue weighted by Crippen LogP contribution is 2.24. The van der Waals surface area contributed by atoms with Crippen LogP contribution < -0.4 is 0 Å². The molecule has 0 saturated heterocycles. The van der Waals surface area contributed by atoms with Crippen molar-refractivity contribution < 1.29 is 4.39 Å². The minimum Gasteiger partial charge on any atom is -0.250 e. The third kappa shape index (κ3) is 2.60. The molecule has 2 aromatic rings. The van der Waals surface area contributed by atoms with E-state index in [1.165, 1.54) is 6.07 Å². The van der Waals surface area contributed by atoms with Gasteiger partial charge in [-0.25, -0.2) is 9.37 Å². The Balaban J connectivity index is 2.20. The van der Waals surface area contributed by atoms with E-state index >= 15 is 0 Å². The minimum absolute atomic E-state index is 0.00929. The van der Waals surface area contributed by atoms with Crippen LogP contribution in [0.1, 0.15) is 17.2 Å². The molecule has 0 radical (unpaired) electrons. The van der Waals surface area contributed by atoms with Crippen molar-refractivity contribution in [3.8, 4) is 0 Å². The smallest absolute Gasteiger partial charge is 0.126 e. The second-order valence-corrected chi connectivity index (χ2v) is 4.58. The first-order chi connectivity index (χ1) is 7.81. The zero-order chi connectivity index (χ0) is 11.4. The first-order valence-electron chi connectivity index (χ1n) is 4.98. The van der Waals surface area contributed by atoms with Crippen molar-refractivity contribution in [1.29, 1.82) is 0 Å². The SMILES string of the molecule is Fc1ccccc1C(CCl)Cc1cscn1. The van der Waals surface area contributed by atoms with Gasteiger partial charge in [0.2, 0.25) is 0 Å². The third-order valence-corrected chi connectivity index (χ3v) is 3.48. The summed E-state index contributed by atoms with van der Waals surface area (Å²) in [7, 11) is 0. The number of hydrogen-bond donors (Lipinski definition) is 0. The zero-order valence-corrected chi connectivity index (χ0v) is 10.1. The largest absolute Gasteiger partial charge is 0.250 e. The number of benzene rings is 1. The molecule has 0 aliphatic carbocycles. The Bertz CT molecular complexity index is 444. The maximum Gasteiger partial charge on any atom is 0.126 e. The second kappa shape index (κ2) is 5.41. The van der Waals surface area contributed by atoms with E-state index in [4.69, 9.17) is 11.6 Å². The fourth-order valence-electron chi connectivity index (χ4n) is 1.64. The summed E-state index contributed by atoms with van der Waals surface area (Å²) >= 11 is 7.44. The van der Waals surface area contributed by atoms with Crippen LogP contribution in [0.4, 0.5) is 4.39 Å². The molecule has 0 aliphatic heterocycles. The molecule has 16 heavy (non-hydrogen) atoms. The molecule has 1 aromatic carbocycles. The van der Waals surface area contributed by atoms with Crippen molar-refractivity contribution in [1.82, 2.24) is 4.98 Å². The Morgan fingerprint density at radius 3 is 2.81 bits per heavy atom. The van der Waals surface area contributed by atoms with Crippen molar-refractivity contribution >= 4 is 22.9 Å². The van der Waals surface area contributed by atoms with Gasteiger partial charge < -0.3 is 0 Å². The number of rotatable bonds is 4. The van der Waals surface area contributed by atoms with Crippen LogP contribution in [-0.4, -0.2) is 10.9 Å². The van der Waals surface area contributed by atoms with E-state index in [1.807, 2.05) is 11.4 Å². The Kier molecular flexibility index (Phi) is 3.91. The number of thiazole rings is 1. The second-order valence-electron chi connectivity index (χ2n) is 3.56. The predicted octanol–water partition coefficient (Wildman–Crippen LogP) is 3.85. The van der Waals surface area contributed by atoms with E-state index in [2.05, 4.69) is 4.98 Å². The Morgan fingerprint density at radius 2 is 2.19 bits per heavy atom. The van der Waals surface area contributed by atoms with E-state index < -0.39 is 0 Å². The van der Waals surface area contributed by atoms with Crippen molar-refractivity contribution in [3.05, 3.63) is 52.2 Å². The van der Waals surface area contributed by atoms with Crippen molar-refractivity contribution in [3.63, 3.8) is 0 Å². The van der Waals surface area contributed by atoms with Gasteiger partial charge in [0.1, 0.15) is 5.82 Å². The molecule has 0 spiro atoms. The summed E-state index contributed by atoms with van der Waals surface area (Å²) in [5, 5.41) is 1.97. The molecule has 84 valence electrons. The number of hydrogen-bond acceptors (Lipinski definition) is 2. The van der Waals surface area contributed by atoms with Gasteiger partial charge in [-0.15, -0.1) is 22.9 Å². The van der Waals surface area contributed by atoms with Crippen LogP contribution in [0.15, 0.2) is 35.2 Å². The Labute approximate surface area is 103 Å². The van der Waals surface area contributed by atoms with E-state index in [-0.39, 0.29) is 11.7 Å². The molecule has 1 heterocycles. The monoisotopic (exact) mass is 255 g/mol. The molecule has 1 atom stereocenters. The highest BCUT2D eigenvalue weighted by molar-refractivity contribution is 7.07. The lowest BCUT2D eigenvalue weighted by Gasteiger charge is -2.13. The molecule has 1 nitrogen and oxygen atoms in total. The van der Waals surface area contributed by atoms with Gasteiger partial charge in [0.05, 0.1) is 11.2 Å². The molecule has 4 heteroatoms. The average Bonchev–Trinajstić information content (AvgIpc) is 2.80. The van der Waals surface area contributed by atoms with Gasteiger partial charge >= 0.3 is 0 Å². The van der Waals surface area contributed by atoms with E-state index in [0.29, 0.717) is 17.9 Å². The predicted molar refractivity (Wildman–Crippen MR) is 65.7 cm³/mol. The van der Waals surface area contributed by atoms with Gasteiger partial charge in [-0.2, -0.15) is 0 Å². The Morgan fingerprint density at radius 1 is 1.38 bits per heavy atom. The minimum atomic E-state index is -0.191. The molecule has 0 aliphatic rings. The lowest BCUT2D eigenvalue weighted by Crippen LogP contribution is -2.07. The maximum absolute atomic E-state index is 13.6. The molecular formula is C12H11ClFNS. The normalized spacial score (nSPS) is 12.6. The van der Waals surface area contributed by atoms with Gasteiger partial charge in [0, 0.05) is 17.2 Å². The fourth-order valence-corrected chi connectivity index (χ4v) is 2.49. The summed E-state index contributed by atoms with van der Waals surface area (Å²) in [5.74, 6) is 0.201. The van der Waals surface area contributed by atoms with Crippen LogP contribution >= 0.6 is 22.9 Å². The highest BCUT2D eigenvalue weighted by Gasteiger charge is 2.15. The van der Waals surface area contributed by atoms with Gasteiger partial charge in [0.15, 0.2) is 0 Å². The first kappa shape index (κ1) is 11.6. The highest BCUT2D eigenvalue weighted by atomic mass is 35.5. The molecular weight excluding hydrogens is 245 g/mol. The van der Waals surface area contributed by atoms with Crippen LogP contribution in [0.5, 0.6) is 0 Å². The molecule has 0 amide bonds. The quantitative estimate of drug-likeness (QED) is 0.757. The number of halogens is 2. The van der Waals surface area contributed by atoms with Crippen molar-refractivity contribution in [2.24, 2.45) is 0 Å². The summed E-state index contributed by atoms with van der Waals surface area (Å²) in [6, 6.07) is 6.77. The topological polar surface area (TPSA) is 12.9 Å². The molecule has 1 unspecified atom stereocenters. The first-order valence-corrected chi connectivity index (χ1v) is 6.46. The van der Waals surface area contributed by atoms with E-state index in [1.54, 1.807) is 29.0 Å². The zero-order valence-electron chi connectivity index (χ0n) is 8.57. The van der Waals surface area contributed by atoms with Crippen LogP contribution in [0.3, 0.4) is 0 Å². The molecule has 0 saturated carbocycles. The number of aromatic nitrogens is 1. The standard InChI is InChI=1S/C12H11ClFNS/c13-6-9(5-10-7-16-8-15-10)11-3-1-2-4-12(11)14/h1-4,7-9H,5-6H2. The van der Waals surface area contributed by atoms with Gasteiger partial charge in [-0.1, -0.05) is 18.2 Å². The molecule has 1 aromatic heterocycles. The van der Waals surface area contributed by atoms with Crippen LogP contribution in [-0.2, 0) is 6.42 Å². The number of alkyl halides is 1. The fraction of sp³-hybridized carbons (Fsp3) is 0.250. The molecule has 0 bridgehead atoms. The van der Waals surface area contributed by atoms with Crippen molar-refractivity contribution in [2.45, 2.75) is 12.3 Å². The Hall–Kier alpha value is -0.930.